The van der Waals surface area contributed by atoms with Gasteiger partial charge in [-0.05, 0) is 52.9 Å². The van der Waals surface area contributed by atoms with Gasteiger partial charge in [0.15, 0.2) is 0 Å². The van der Waals surface area contributed by atoms with Crippen LogP contribution in [-0.4, -0.2) is 10.9 Å². The highest BCUT2D eigenvalue weighted by atomic mass is 127. The number of hydrogen-bond donors (Lipinski definition) is 1. The van der Waals surface area contributed by atoms with Gasteiger partial charge in [0, 0.05) is 17.0 Å². The van der Waals surface area contributed by atoms with Crippen molar-refractivity contribution in [3.05, 3.63) is 56.4 Å². The molecule has 19 heavy (non-hydrogen) atoms. The molecule has 3 aromatic rings. The first-order valence-electron chi connectivity index (χ1n) is 5.63. The second kappa shape index (κ2) is 5.26. The summed E-state index contributed by atoms with van der Waals surface area (Å²) in [6, 6.07) is 11.4. The van der Waals surface area contributed by atoms with E-state index in [1.165, 1.54) is 0 Å². The minimum absolute atomic E-state index is 0.0875. The lowest BCUT2D eigenvalue weighted by atomic mass is 10.1. The fourth-order valence-corrected chi connectivity index (χ4v) is 3.16. The van der Waals surface area contributed by atoms with Gasteiger partial charge in [0.25, 0.3) is 5.91 Å². The van der Waals surface area contributed by atoms with Crippen molar-refractivity contribution >= 4 is 56.4 Å². The largest absolute Gasteiger partial charge is 0.321 e. The van der Waals surface area contributed by atoms with Gasteiger partial charge in [-0.3, -0.25) is 9.78 Å². The molecular formula is C14H9IN2OS. The number of rotatable bonds is 2. The monoisotopic (exact) mass is 380 g/mol. The van der Waals surface area contributed by atoms with Crippen molar-refractivity contribution in [3.8, 4) is 0 Å². The van der Waals surface area contributed by atoms with Crippen LogP contribution >= 0.6 is 33.9 Å². The Morgan fingerprint density at radius 3 is 2.95 bits per heavy atom. The first kappa shape index (κ1) is 12.6. The summed E-state index contributed by atoms with van der Waals surface area (Å²) in [6.45, 7) is 0. The molecule has 2 aromatic heterocycles. The molecule has 3 rings (SSSR count). The molecule has 94 valence electrons. The molecule has 0 fully saturated rings. The molecule has 1 amide bonds. The molecule has 2 heterocycles. The van der Waals surface area contributed by atoms with Gasteiger partial charge in [0.2, 0.25) is 0 Å². The topological polar surface area (TPSA) is 42.0 Å². The zero-order valence-corrected chi connectivity index (χ0v) is 12.7. The highest BCUT2D eigenvalue weighted by molar-refractivity contribution is 14.1. The normalized spacial score (nSPS) is 10.6. The quantitative estimate of drug-likeness (QED) is 0.679. The van der Waals surface area contributed by atoms with Crippen LogP contribution in [0.3, 0.4) is 0 Å². The van der Waals surface area contributed by atoms with E-state index in [1.807, 2.05) is 41.8 Å². The molecule has 5 heteroatoms. The maximum absolute atomic E-state index is 12.1. The molecular weight excluding hydrogens is 371 g/mol. The molecule has 0 unspecified atom stereocenters. The number of anilines is 1. The predicted octanol–water partition coefficient (Wildman–Crippen LogP) is 4.15. The minimum Gasteiger partial charge on any atom is -0.321 e. The Balaban J connectivity index is 1.95. The second-order valence-electron chi connectivity index (χ2n) is 3.97. The van der Waals surface area contributed by atoms with Gasteiger partial charge in [0.05, 0.1) is 19.7 Å². The van der Waals surface area contributed by atoms with Gasteiger partial charge in [-0.15, -0.1) is 11.3 Å². The first-order chi connectivity index (χ1) is 9.24. The Morgan fingerprint density at radius 1 is 1.26 bits per heavy atom. The van der Waals surface area contributed by atoms with Gasteiger partial charge >= 0.3 is 0 Å². The van der Waals surface area contributed by atoms with Crippen LogP contribution in [-0.2, 0) is 0 Å². The van der Waals surface area contributed by atoms with Crippen LogP contribution in [0.1, 0.15) is 10.4 Å². The van der Waals surface area contributed by atoms with Crippen LogP contribution < -0.4 is 5.32 Å². The average molecular weight is 380 g/mol. The van der Waals surface area contributed by atoms with E-state index < -0.39 is 0 Å². The van der Waals surface area contributed by atoms with Gasteiger partial charge in [-0.1, -0.05) is 6.07 Å². The van der Waals surface area contributed by atoms with E-state index in [0.717, 1.165) is 19.5 Å². The van der Waals surface area contributed by atoms with E-state index in [1.54, 1.807) is 17.5 Å². The van der Waals surface area contributed by atoms with Crippen molar-refractivity contribution < 1.29 is 4.79 Å². The fourth-order valence-electron chi connectivity index (χ4n) is 1.84. The number of thiophene rings is 1. The highest BCUT2D eigenvalue weighted by Gasteiger charge is 2.10. The molecule has 0 radical (unpaired) electrons. The lowest BCUT2D eigenvalue weighted by Gasteiger charge is -2.07. The minimum atomic E-state index is -0.0875. The Bertz CT molecular complexity index is 749. The predicted molar refractivity (Wildman–Crippen MR) is 86.7 cm³/mol. The molecule has 1 N–H and O–H groups in total. The molecule has 0 aliphatic rings. The van der Waals surface area contributed by atoms with E-state index >= 15 is 0 Å². The number of nitrogens with zero attached hydrogens (tertiary/aromatic N) is 1. The second-order valence-corrected chi connectivity index (χ2v) is 6.77. The summed E-state index contributed by atoms with van der Waals surface area (Å²) in [4.78, 5) is 16.4. The molecule has 0 saturated carbocycles. The third-order valence-corrected chi connectivity index (χ3v) is 4.51. The van der Waals surface area contributed by atoms with Crippen LogP contribution in [0.5, 0.6) is 0 Å². The molecule has 0 bridgehead atoms. The van der Waals surface area contributed by atoms with Crippen molar-refractivity contribution in [3.63, 3.8) is 0 Å². The highest BCUT2D eigenvalue weighted by Crippen LogP contribution is 2.23. The number of hydrogen-bond acceptors (Lipinski definition) is 3. The molecule has 3 nitrogen and oxygen atoms in total. The van der Waals surface area contributed by atoms with Crippen LogP contribution in [0.15, 0.2) is 48.0 Å². The number of pyridine rings is 1. The molecule has 0 atom stereocenters. The van der Waals surface area contributed by atoms with Crippen LogP contribution in [0.2, 0.25) is 0 Å². The summed E-state index contributed by atoms with van der Waals surface area (Å²) < 4.78 is 1.10. The maximum Gasteiger partial charge on any atom is 0.256 e. The molecule has 0 aliphatic carbocycles. The Kier molecular flexibility index (Phi) is 3.48. The summed E-state index contributed by atoms with van der Waals surface area (Å²) in [5.74, 6) is -0.0875. The summed E-state index contributed by atoms with van der Waals surface area (Å²) >= 11 is 3.77. The van der Waals surface area contributed by atoms with E-state index in [4.69, 9.17) is 0 Å². The average Bonchev–Trinajstić information content (AvgIpc) is 2.86. The van der Waals surface area contributed by atoms with Crippen molar-refractivity contribution in [2.45, 2.75) is 0 Å². The number of fused-ring (bicyclic) bond motifs is 1. The standard InChI is InChI=1S/C14H9IN2OS/c15-13-7-9(8-19-13)14(18)17-12-5-1-4-11-10(12)3-2-6-16-11/h1-8H,(H,17,18). The summed E-state index contributed by atoms with van der Waals surface area (Å²) in [6.07, 6.45) is 1.75. The number of nitrogens with one attached hydrogen (secondary N) is 1. The number of amides is 1. The summed E-state index contributed by atoms with van der Waals surface area (Å²) in [5, 5.41) is 5.75. The number of halogens is 1. The molecule has 1 aromatic carbocycles. The number of carbonyl (C=O) groups excluding carboxylic acids is 1. The lowest BCUT2D eigenvalue weighted by molar-refractivity contribution is 0.102. The maximum atomic E-state index is 12.1. The zero-order chi connectivity index (χ0) is 13.2. The van der Waals surface area contributed by atoms with Crippen LogP contribution in [0, 0.1) is 2.88 Å². The van der Waals surface area contributed by atoms with Gasteiger partial charge in [0.1, 0.15) is 0 Å². The number of aromatic nitrogens is 1. The van der Waals surface area contributed by atoms with Crippen molar-refractivity contribution in [2.75, 3.05) is 5.32 Å². The third-order valence-electron chi connectivity index (χ3n) is 2.72. The number of carbonyl (C=O) groups is 1. The van der Waals surface area contributed by atoms with Crippen molar-refractivity contribution in [1.82, 2.24) is 4.98 Å². The van der Waals surface area contributed by atoms with Gasteiger partial charge in [-0.25, -0.2) is 0 Å². The van der Waals surface area contributed by atoms with Gasteiger partial charge in [-0.2, -0.15) is 0 Å². The summed E-state index contributed by atoms with van der Waals surface area (Å²) in [5.41, 5.74) is 2.35. The Morgan fingerprint density at radius 2 is 2.16 bits per heavy atom. The van der Waals surface area contributed by atoms with E-state index in [-0.39, 0.29) is 5.91 Å². The molecule has 0 aliphatic heterocycles. The van der Waals surface area contributed by atoms with Crippen molar-refractivity contribution in [2.24, 2.45) is 0 Å². The smallest absolute Gasteiger partial charge is 0.256 e. The van der Waals surface area contributed by atoms with E-state index in [0.29, 0.717) is 5.56 Å². The van der Waals surface area contributed by atoms with E-state index in [9.17, 15) is 4.79 Å². The van der Waals surface area contributed by atoms with Crippen molar-refractivity contribution in [1.29, 1.82) is 0 Å². The van der Waals surface area contributed by atoms with E-state index in [2.05, 4.69) is 32.9 Å². The zero-order valence-electron chi connectivity index (χ0n) is 9.76. The fraction of sp³-hybridized carbons (Fsp3) is 0. The summed E-state index contributed by atoms with van der Waals surface area (Å²) in [7, 11) is 0. The molecule has 0 spiro atoms. The van der Waals surface area contributed by atoms with Crippen LogP contribution in [0.25, 0.3) is 10.9 Å². The molecule has 0 saturated heterocycles. The SMILES string of the molecule is O=C(Nc1cccc2ncccc12)c1csc(I)c1. The van der Waals surface area contributed by atoms with Crippen LogP contribution in [0.4, 0.5) is 5.69 Å². The lowest BCUT2D eigenvalue weighted by Crippen LogP contribution is -2.11. The third kappa shape index (κ3) is 2.62. The Hall–Kier alpha value is -1.47. The van der Waals surface area contributed by atoms with Gasteiger partial charge < -0.3 is 5.32 Å². The number of benzene rings is 1. The first-order valence-corrected chi connectivity index (χ1v) is 7.59. The Labute approximate surface area is 127 Å².